The van der Waals surface area contributed by atoms with E-state index in [1.54, 1.807) is 0 Å². The average molecular weight is 254 g/mol. The molecule has 0 amide bonds. The van der Waals surface area contributed by atoms with Gasteiger partial charge in [0, 0.05) is 10.5 Å². The molecule has 1 nitrogen and oxygen atoms in total. The highest BCUT2D eigenvalue weighted by Crippen LogP contribution is 2.24. The fourth-order valence-electron chi connectivity index (χ4n) is 1.35. The number of hydrogen-bond acceptors (Lipinski definition) is 1. The smallest absolute Gasteiger partial charge is 0.0693 e. The van der Waals surface area contributed by atoms with Gasteiger partial charge in [-0.05, 0) is 19.3 Å². The van der Waals surface area contributed by atoms with Crippen molar-refractivity contribution in [2.75, 3.05) is 6.61 Å². The largest absolute Gasteiger partial charge is 0.377 e. The van der Waals surface area contributed by atoms with Gasteiger partial charge in [-0.25, -0.2) is 0 Å². The molecule has 60 valence electrons. The van der Waals surface area contributed by atoms with Crippen LogP contribution in [0.3, 0.4) is 0 Å². The van der Waals surface area contributed by atoms with E-state index in [0.717, 1.165) is 10.5 Å². The molecule has 1 fully saturated rings. The molecule has 0 aromatic heterocycles. The van der Waals surface area contributed by atoms with Gasteiger partial charge in [0.25, 0.3) is 0 Å². The van der Waals surface area contributed by atoms with Crippen LogP contribution in [0.15, 0.2) is 0 Å². The van der Waals surface area contributed by atoms with Gasteiger partial charge in [-0.1, -0.05) is 35.9 Å². The number of hydrogen-bond donors (Lipinski definition) is 0. The summed E-state index contributed by atoms with van der Waals surface area (Å²) in [6.07, 6.45) is 5.72. The van der Waals surface area contributed by atoms with Gasteiger partial charge in [0.05, 0.1) is 6.10 Å². The minimum atomic E-state index is 0.570. The molecule has 0 saturated carbocycles. The molecule has 1 aliphatic heterocycles. The molecule has 1 saturated heterocycles. The molecule has 0 aromatic rings. The molecular weight excluding hydrogens is 239 g/mol. The summed E-state index contributed by atoms with van der Waals surface area (Å²) in [6.45, 7) is 3.23. The normalized spacial score (nSPS) is 28.8. The molecule has 0 radical (unpaired) electrons. The topological polar surface area (TPSA) is 9.23 Å². The molecule has 1 aliphatic rings. The summed E-state index contributed by atoms with van der Waals surface area (Å²) in [4.78, 5) is 0. The third kappa shape index (κ3) is 2.38. The van der Waals surface area contributed by atoms with Crippen molar-refractivity contribution in [3.8, 4) is 0 Å². The van der Waals surface area contributed by atoms with Crippen molar-refractivity contribution in [1.29, 1.82) is 0 Å². The van der Waals surface area contributed by atoms with Gasteiger partial charge in [-0.3, -0.25) is 0 Å². The van der Waals surface area contributed by atoms with E-state index in [1.165, 1.54) is 25.7 Å². The number of halogens is 1. The molecule has 0 bridgehead atoms. The van der Waals surface area contributed by atoms with Gasteiger partial charge < -0.3 is 4.74 Å². The van der Waals surface area contributed by atoms with Gasteiger partial charge in [0.1, 0.15) is 0 Å². The summed E-state index contributed by atoms with van der Waals surface area (Å²) in [7, 11) is 0. The maximum absolute atomic E-state index is 5.56. The van der Waals surface area contributed by atoms with Crippen LogP contribution in [0.4, 0.5) is 0 Å². The van der Waals surface area contributed by atoms with E-state index in [2.05, 4.69) is 29.5 Å². The first kappa shape index (κ1) is 8.78. The van der Waals surface area contributed by atoms with Crippen molar-refractivity contribution in [2.24, 2.45) is 0 Å². The van der Waals surface area contributed by atoms with E-state index < -0.39 is 0 Å². The molecule has 0 spiro atoms. The Bertz CT molecular complexity index is 89.3. The quantitative estimate of drug-likeness (QED) is 0.555. The molecule has 1 rings (SSSR count). The first-order chi connectivity index (χ1) is 4.84. The molecule has 1 heterocycles. The number of ether oxygens (including phenoxy) is 1. The lowest BCUT2D eigenvalue weighted by molar-refractivity contribution is 0.110. The van der Waals surface area contributed by atoms with E-state index in [1.807, 2.05) is 0 Å². The van der Waals surface area contributed by atoms with Crippen molar-refractivity contribution >= 4 is 22.6 Å². The summed E-state index contributed by atoms with van der Waals surface area (Å²) in [5, 5.41) is 0. The zero-order chi connectivity index (χ0) is 7.40. The highest BCUT2D eigenvalue weighted by atomic mass is 127. The Morgan fingerprint density at radius 2 is 2.50 bits per heavy atom. The third-order valence-electron chi connectivity index (χ3n) is 1.93. The Labute approximate surface area is 76.7 Å². The Morgan fingerprint density at radius 1 is 1.70 bits per heavy atom. The molecule has 0 N–H and O–H groups in total. The van der Waals surface area contributed by atoms with E-state index >= 15 is 0 Å². The molecule has 2 heteroatoms. The highest BCUT2D eigenvalue weighted by Gasteiger charge is 2.22. The Kier molecular flexibility index (Phi) is 3.99. The predicted octanol–water partition coefficient (Wildman–Crippen LogP) is 2.77. The van der Waals surface area contributed by atoms with Crippen LogP contribution in [-0.4, -0.2) is 16.6 Å². The second kappa shape index (κ2) is 4.54. The summed E-state index contributed by atoms with van der Waals surface area (Å²) < 4.78 is 6.31. The van der Waals surface area contributed by atoms with Crippen molar-refractivity contribution in [1.82, 2.24) is 0 Å². The van der Waals surface area contributed by atoms with Gasteiger partial charge in [0.15, 0.2) is 0 Å². The van der Waals surface area contributed by atoms with Crippen LogP contribution in [-0.2, 0) is 4.74 Å². The minimum absolute atomic E-state index is 0.570. The van der Waals surface area contributed by atoms with Crippen molar-refractivity contribution in [3.05, 3.63) is 0 Å². The van der Waals surface area contributed by atoms with Gasteiger partial charge >= 0.3 is 0 Å². The van der Waals surface area contributed by atoms with E-state index in [4.69, 9.17) is 4.74 Å². The maximum atomic E-state index is 5.56. The zero-order valence-corrected chi connectivity index (χ0v) is 8.63. The van der Waals surface area contributed by atoms with Crippen molar-refractivity contribution < 1.29 is 4.74 Å². The second-order valence-electron chi connectivity index (χ2n) is 2.86. The Hall–Kier alpha value is 0.690. The zero-order valence-electron chi connectivity index (χ0n) is 6.48. The predicted molar refractivity (Wildman–Crippen MR) is 51.7 cm³/mol. The molecule has 0 unspecified atom stereocenters. The van der Waals surface area contributed by atoms with Crippen LogP contribution in [0.5, 0.6) is 0 Å². The van der Waals surface area contributed by atoms with Crippen LogP contribution in [0.25, 0.3) is 0 Å². The summed E-state index contributed by atoms with van der Waals surface area (Å²) in [5.41, 5.74) is 0. The Morgan fingerprint density at radius 3 is 3.00 bits per heavy atom. The maximum Gasteiger partial charge on any atom is 0.0693 e. The van der Waals surface area contributed by atoms with E-state index in [-0.39, 0.29) is 0 Å². The van der Waals surface area contributed by atoms with Crippen molar-refractivity contribution in [2.45, 2.75) is 42.6 Å². The van der Waals surface area contributed by atoms with E-state index in [9.17, 15) is 0 Å². The number of rotatable bonds is 3. The molecule has 2 atom stereocenters. The fraction of sp³-hybridized carbons (Fsp3) is 1.00. The fourth-order valence-corrected chi connectivity index (χ4v) is 2.54. The monoisotopic (exact) mass is 254 g/mol. The van der Waals surface area contributed by atoms with E-state index in [0.29, 0.717) is 6.10 Å². The highest BCUT2D eigenvalue weighted by molar-refractivity contribution is 14.1. The lowest BCUT2D eigenvalue weighted by atomic mass is 10.1. The summed E-state index contributed by atoms with van der Waals surface area (Å²) in [6, 6.07) is 0. The molecule has 0 aliphatic carbocycles. The third-order valence-corrected chi connectivity index (χ3v) is 3.36. The summed E-state index contributed by atoms with van der Waals surface area (Å²) in [5.74, 6) is 0. The van der Waals surface area contributed by atoms with Crippen LogP contribution in [0.1, 0.15) is 32.6 Å². The lowest BCUT2D eigenvalue weighted by Crippen LogP contribution is -2.18. The molecule has 10 heavy (non-hydrogen) atoms. The Balaban J connectivity index is 2.18. The lowest BCUT2D eigenvalue weighted by Gasteiger charge is -2.15. The first-order valence-electron chi connectivity index (χ1n) is 4.10. The average Bonchev–Trinajstić information content (AvgIpc) is 2.38. The molecule has 0 aromatic carbocycles. The number of alkyl halides is 1. The van der Waals surface area contributed by atoms with Gasteiger partial charge in [-0.15, -0.1) is 0 Å². The van der Waals surface area contributed by atoms with Crippen LogP contribution in [0.2, 0.25) is 0 Å². The van der Waals surface area contributed by atoms with Gasteiger partial charge in [-0.2, -0.15) is 0 Å². The van der Waals surface area contributed by atoms with Crippen LogP contribution >= 0.6 is 22.6 Å². The summed E-state index contributed by atoms with van der Waals surface area (Å²) >= 11 is 2.52. The first-order valence-corrected chi connectivity index (χ1v) is 5.35. The van der Waals surface area contributed by atoms with Gasteiger partial charge in [0.2, 0.25) is 0 Å². The van der Waals surface area contributed by atoms with Crippen LogP contribution < -0.4 is 0 Å². The van der Waals surface area contributed by atoms with Crippen LogP contribution in [0, 0.1) is 0 Å². The van der Waals surface area contributed by atoms with Crippen molar-refractivity contribution in [3.63, 3.8) is 0 Å². The minimum Gasteiger partial charge on any atom is -0.377 e. The standard InChI is InChI=1S/C8H15IO/c1-2-4-7(9)8-5-3-6-10-8/h7-8H,2-6H2,1H3/t7-,8-/m1/s1. The second-order valence-corrected chi connectivity index (χ2v) is 4.46. The SMILES string of the molecule is CCC[C@@H](I)[C@H]1CCCO1. The molecular formula is C8H15IO.